The minimum atomic E-state index is -0.117. The van der Waals surface area contributed by atoms with Gasteiger partial charge in [0.05, 0.1) is 12.1 Å². The Bertz CT molecular complexity index is 332. The summed E-state index contributed by atoms with van der Waals surface area (Å²) >= 11 is 0. The Balaban J connectivity index is 2.40. The van der Waals surface area contributed by atoms with Gasteiger partial charge in [0.1, 0.15) is 5.76 Å². The molecule has 1 atom stereocenters. The molecule has 0 radical (unpaired) electrons. The van der Waals surface area contributed by atoms with Crippen LogP contribution in [0.4, 0.5) is 0 Å². The number of fused-ring (bicyclic) bond motifs is 1. The van der Waals surface area contributed by atoms with E-state index in [1.165, 1.54) is 0 Å². The minimum Gasteiger partial charge on any atom is -0.361 e. The number of amides is 1. The summed E-state index contributed by atoms with van der Waals surface area (Å²) in [6.07, 6.45) is 2.42. The van der Waals surface area contributed by atoms with E-state index in [2.05, 4.69) is 5.16 Å². The third kappa shape index (κ3) is 1.22. The van der Waals surface area contributed by atoms with Crippen LogP contribution in [0.2, 0.25) is 0 Å². The van der Waals surface area contributed by atoms with Crippen molar-refractivity contribution in [3.8, 4) is 0 Å². The first-order chi connectivity index (χ1) is 6.20. The Hall–Kier alpha value is -1.32. The molecule has 1 unspecified atom stereocenters. The number of carbonyl (C=O) groups is 1. The van der Waals surface area contributed by atoms with Crippen LogP contribution in [-0.2, 0) is 11.2 Å². The molecule has 0 saturated heterocycles. The zero-order valence-corrected chi connectivity index (χ0v) is 7.78. The fourth-order valence-electron chi connectivity index (χ4n) is 1.66. The Labute approximate surface area is 76.5 Å². The van der Waals surface area contributed by atoms with Crippen molar-refractivity contribution in [1.82, 2.24) is 10.1 Å². The van der Waals surface area contributed by atoms with Gasteiger partial charge in [0.2, 0.25) is 5.91 Å². The van der Waals surface area contributed by atoms with Crippen LogP contribution in [0.15, 0.2) is 10.7 Å². The van der Waals surface area contributed by atoms with E-state index in [0.717, 1.165) is 17.7 Å². The lowest BCUT2D eigenvalue weighted by molar-refractivity contribution is -0.130. The molecule has 0 aromatic carbocycles. The van der Waals surface area contributed by atoms with Crippen molar-refractivity contribution in [2.24, 2.45) is 0 Å². The van der Waals surface area contributed by atoms with Gasteiger partial charge in [-0.15, -0.1) is 0 Å². The van der Waals surface area contributed by atoms with Crippen LogP contribution in [0.1, 0.15) is 24.2 Å². The molecule has 4 heteroatoms. The standard InChI is InChI=1S/C9H12N2O2/c1-6-7-5-10-13-8(7)3-4-11(2)9(6)12/h5-6H,3-4H2,1-2H3. The van der Waals surface area contributed by atoms with Gasteiger partial charge in [-0.3, -0.25) is 4.79 Å². The fourth-order valence-corrected chi connectivity index (χ4v) is 1.66. The van der Waals surface area contributed by atoms with Gasteiger partial charge >= 0.3 is 0 Å². The lowest BCUT2D eigenvalue weighted by Crippen LogP contribution is -2.29. The number of hydrogen-bond donors (Lipinski definition) is 0. The predicted octanol–water partition coefficient (Wildman–Crippen LogP) is 0.793. The number of hydrogen-bond acceptors (Lipinski definition) is 3. The molecular weight excluding hydrogens is 168 g/mol. The van der Waals surface area contributed by atoms with Crippen molar-refractivity contribution in [3.63, 3.8) is 0 Å². The number of rotatable bonds is 0. The molecule has 0 bridgehead atoms. The fraction of sp³-hybridized carbons (Fsp3) is 0.556. The smallest absolute Gasteiger partial charge is 0.229 e. The highest BCUT2D eigenvalue weighted by molar-refractivity contribution is 5.83. The van der Waals surface area contributed by atoms with E-state index in [-0.39, 0.29) is 11.8 Å². The van der Waals surface area contributed by atoms with Gasteiger partial charge in [-0.05, 0) is 6.92 Å². The topological polar surface area (TPSA) is 46.3 Å². The summed E-state index contributed by atoms with van der Waals surface area (Å²) in [5.74, 6) is 0.876. The van der Waals surface area contributed by atoms with Gasteiger partial charge in [-0.2, -0.15) is 0 Å². The van der Waals surface area contributed by atoms with E-state index in [0.29, 0.717) is 6.54 Å². The Morgan fingerprint density at radius 2 is 2.46 bits per heavy atom. The average molecular weight is 180 g/mol. The molecule has 0 spiro atoms. The predicted molar refractivity (Wildman–Crippen MR) is 46.3 cm³/mol. The van der Waals surface area contributed by atoms with Gasteiger partial charge in [0, 0.05) is 25.6 Å². The summed E-state index contributed by atoms with van der Waals surface area (Å²) < 4.78 is 5.07. The van der Waals surface area contributed by atoms with Gasteiger partial charge in [-0.1, -0.05) is 5.16 Å². The van der Waals surface area contributed by atoms with E-state index < -0.39 is 0 Å². The third-order valence-corrected chi connectivity index (χ3v) is 2.56. The maximum atomic E-state index is 11.7. The third-order valence-electron chi connectivity index (χ3n) is 2.56. The second kappa shape index (κ2) is 2.87. The second-order valence-electron chi connectivity index (χ2n) is 3.44. The molecule has 13 heavy (non-hydrogen) atoms. The summed E-state index contributed by atoms with van der Waals surface area (Å²) in [6.45, 7) is 2.60. The highest BCUT2D eigenvalue weighted by Gasteiger charge is 2.27. The van der Waals surface area contributed by atoms with Crippen LogP contribution in [0.25, 0.3) is 0 Å². The van der Waals surface area contributed by atoms with Gasteiger partial charge in [0.15, 0.2) is 0 Å². The molecule has 0 N–H and O–H groups in total. The van der Waals surface area contributed by atoms with Gasteiger partial charge < -0.3 is 9.42 Å². The van der Waals surface area contributed by atoms with E-state index in [9.17, 15) is 4.79 Å². The molecule has 1 aromatic rings. The lowest BCUT2D eigenvalue weighted by Gasteiger charge is -2.16. The quantitative estimate of drug-likeness (QED) is 0.593. The number of likely N-dealkylation sites (N-methyl/N-ethyl adjacent to an activating group) is 1. The van der Waals surface area contributed by atoms with Crippen molar-refractivity contribution < 1.29 is 9.32 Å². The van der Waals surface area contributed by atoms with Crippen molar-refractivity contribution in [1.29, 1.82) is 0 Å². The maximum Gasteiger partial charge on any atom is 0.229 e. The first-order valence-corrected chi connectivity index (χ1v) is 4.38. The number of carbonyl (C=O) groups excluding carboxylic acids is 1. The summed E-state index contributed by atoms with van der Waals surface area (Å²) in [5.41, 5.74) is 0.939. The minimum absolute atomic E-state index is 0.117. The largest absolute Gasteiger partial charge is 0.361 e. The van der Waals surface area contributed by atoms with Gasteiger partial charge in [-0.25, -0.2) is 0 Å². The normalized spacial score (nSPS) is 22.8. The Morgan fingerprint density at radius 1 is 1.69 bits per heavy atom. The maximum absolute atomic E-state index is 11.7. The molecule has 4 nitrogen and oxygen atoms in total. The van der Waals surface area contributed by atoms with Gasteiger partial charge in [0.25, 0.3) is 0 Å². The van der Waals surface area contributed by atoms with Crippen LogP contribution < -0.4 is 0 Å². The monoisotopic (exact) mass is 180 g/mol. The second-order valence-corrected chi connectivity index (χ2v) is 3.44. The molecular formula is C9H12N2O2. The molecule has 0 fully saturated rings. The average Bonchev–Trinajstić information content (AvgIpc) is 2.56. The van der Waals surface area contributed by atoms with E-state index in [4.69, 9.17) is 4.52 Å². The summed E-state index contributed by atoms with van der Waals surface area (Å²) in [7, 11) is 1.82. The highest BCUT2D eigenvalue weighted by Crippen LogP contribution is 2.24. The number of aromatic nitrogens is 1. The van der Waals surface area contributed by atoms with E-state index in [1.54, 1.807) is 11.1 Å². The first kappa shape index (κ1) is 8.29. The van der Waals surface area contributed by atoms with Crippen LogP contribution >= 0.6 is 0 Å². The summed E-state index contributed by atoms with van der Waals surface area (Å²) in [6, 6.07) is 0. The van der Waals surface area contributed by atoms with Crippen LogP contribution in [0, 0.1) is 0 Å². The molecule has 0 saturated carbocycles. The SMILES string of the molecule is CC1C(=O)N(C)CCc2oncc21. The molecule has 1 amide bonds. The van der Waals surface area contributed by atoms with Crippen molar-refractivity contribution in [2.75, 3.05) is 13.6 Å². The Morgan fingerprint density at radius 3 is 3.23 bits per heavy atom. The van der Waals surface area contributed by atoms with Crippen LogP contribution in [0.5, 0.6) is 0 Å². The van der Waals surface area contributed by atoms with Crippen LogP contribution in [0.3, 0.4) is 0 Å². The molecule has 1 aromatic heterocycles. The van der Waals surface area contributed by atoms with Crippen molar-refractivity contribution in [3.05, 3.63) is 17.5 Å². The number of nitrogens with zero attached hydrogens (tertiary/aromatic N) is 2. The zero-order valence-electron chi connectivity index (χ0n) is 7.78. The summed E-state index contributed by atoms with van der Waals surface area (Å²) in [4.78, 5) is 13.4. The summed E-state index contributed by atoms with van der Waals surface area (Å²) in [5, 5.41) is 3.71. The first-order valence-electron chi connectivity index (χ1n) is 4.38. The van der Waals surface area contributed by atoms with E-state index in [1.807, 2.05) is 14.0 Å². The van der Waals surface area contributed by atoms with E-state index >= 15 is 0 Å². The lowest BCUT2D eigenvalue weighted by atomic mass is 10.0. The molecule has 70 valence electrons. The molecule has 2 heterocycles. The molecule has 2 rings (SSSR count). The molecule has 0 aliphatic carbocycles. The van der Waals surface area contributed by atoms with Crippen LogP contribution in [-0.4, -0.2) is 29.6 Å². The Kier molecular flexibility index (Phi) is 1.83. The zero-order chi connectivity index (χ0) is 9.42. The molecule has 1 aliphatic heterocycles. The molecule has 1 aliphatic rings. The highest BCUT2D eigenvalue weighted by atomic mass is 16.5. The van der Waals surface area contributed by atoms with Crippen molar-refractivity contribution >= 4 is 5.91 Å². The van der Waals surface area contributed by atoms with Crippen molar-refractivity contribution in [2.45, 2.75) is 19.3 Å².